The summed E-state index contributed by atoms with van der Waals surface area (Å²) in [7, 11) is 1.94. The van der Waals surface area contributed by atoms with E-state index < -0.39 is 0 Å². The maximum absolute atomic E-state index is 11.9. The lowest BCUT2D eigenvalue weighted by Gasteiger charge is -2.23. The second-order valence-electron chi connectivity index (χ2n) is 4.51. The Balaban J connectivity index is 2.55. The van der Waals surface area contributed by atoms with Crippen LogP contribution in [-0.4, -0.2) is 42.4 Å². The fraction of sp³-hybridized carbons (Fsp3) is 0.462. The summed E-state index contributed by atoms with van der Waals surface area (Å²) < 4.78 is 0. The van der Waals surface area contributed by atoms with E-state index in [0.29, 0.717) is 29.0 Å². The monoisotopic (exact) mass is 301 g/mol. The molecule has 1 amide bonds. The number of anilines is 2. The fourth-order valence-corrected chi connectivity index (χ4v) is 2.55. The molecule has 106 valence electrons. The minimum absolute atomic E-state index is 0.0814. The van der Waals surface area contributed by atoms with Gasteiger partial charge in [-0.05, 0) is 38.4 Å². The second kappa shape index (κ2) is 7.62. The number of nitrogen functional groups attached to an aromatic ring is 1. The van der Waals surface area contributed by atoms with Crippen LogP contribution in [0.5, 0.6) is 0 Å². The van der Waals surface area contributed by atoms with Crippen LogP contribution in [0.25, 0.3) is 0 Å². The van der Waals surface area contributed by atoms with Crippen molar-refractivity contribution in [2.45, 2.75) is 13.0 Å². The van der Waals surface area contributed by atoms with E-state index in [1.165, 1.54) is 0 Å². The van der Waals surface area contributed by atoms with Crippen molar-refractivity contribution in [1.29, 1.82) is 0 Å². The number of amides is 1. The number of rotatable bonds is 6. The third-order valence-electron chi connectivity index (χ3n) is 2.82. The molecule has 1 atom stereocenters. The largest absolute Gasteiger partial charge is 0.399 e. The number of nitrogens with zero attached hydrogens (tertiary/aromatic N) is 1. The summed E-state index contributed by atoms with van der Waals surface area (Å²) in [6.07, 6.45) is 2.05. The van der Waals surface area contributed by atoms with Gasteiger partial charge in [-0.15, -0.1) is 0 Å². The lowest BCUT2D eigenvalue weighted by Crippen LogP contribution is -2.37. The maximum Gasteiger partial charge on any atom is 0.238 e. The van der Waals surface area contributed by atoms with Gasteiger partial charge in [0.2, 0.25) is 5.91 Å². The molecule has 0 aliphatic heterocycles. The van der Waals surface area contributed by atoms with Gasteiger partial charge in [-0.2, -0.15) is 11.8 Å². The molecule has 6 heteroatoms. The molecule has 0 fully saturated rings. The Bertz CT molecular complexity index is 442. The third kappa shape index (κ3) is 5.30. The van der Waals surface area contributed by atoms with E-state index in [2.05, 4.69) is 18.5 Å². The predicted molar refractivity (Wildman–Crippen MR) is 85.0 cm³/mol. The smallest absolute Gasteiger partial charge is 0.238 e. The van der Waals surface area contributed by atoms with Crippen molar-refractivity contribution in [3.05, 3.63) is 23.2 Å². The van der Waals surface area contributed by atoms with Crippen LogP contribution in [-0.2, 0) is 4.79 Å². The van der Waals surface area contributed by atoms with Crippen molar-refractivity contribution < 1.29 is 4.79 Å². The number of hydrogen-bond donors (Lipinski definition) is 2. The molecular weight excluding hydrogens is 282 g/mol. The molecule has 0 saturated heterocycles. The van der Waals surface area contributed by atoms with E-state index in [9.17, 15) is 4.79 Å². The van der Waals surface area contributed by atoms with E-state index in [4.69, 9.17) is 17.3 Å². The zero-order valence-corrected chi connectivity index (χ0v) is 13.0. The Kier molecular flexibility index (Phi) is 6.48. The first-order chi connectivity index (χ1) is 8.93. The van der Waals surface area contributed by atoms with Gasteiger partial charge in [-0.3, -0.25) is 9.69 Å². The molecule has 0 saturated carbocycles. The first kappa shape index (κ1) is 16.1. The zero-order valence-electron chi connectivity index (χ0n) is 11.4. The van der Waals surface area contributed by atoms with Crippen LogP contribution in [0, 0.1) is 0 Å². The van der Waals surface area contributed by atoms with Gasteiger partial charge in [-0.1, -0.05) is 11.6 Å². The molecule has 0 aromatic heterocycles. The standard InChI is InChI=1S/C13H20ClN3OS/c1-9(8-19-3)17(2)7-13(18)16-12-5-4-10(15)6-11(12)14/h4-6,9H,7-8,15H2,1-3H3,(H,16,18). The number of likely N-dealkylation sites (N-methyl/N-ethyl adjacent to an activating group) is 1. The third-order valence-corrected chi connectivity index (χ3v) is 3.95. The van der Waals surface area contributed by atoms with E-state index in [-0.39, 0.29) is 5.91 Å². The number of nitrogens with one attached hydrogen (secondary N) is 1. The van der Waals surface area contributed by atoms with Crippen LogP contribution in [0.1, 0.15) is 6.92 Å². The molecule has 1 aromatic carbocycles. The second-order valence-corrected chi connectivity index (χ2v) is 5.82. The number of hydrogen-bond acceptors (Lipinski definition) is 4. The van der Waals surface area contributed by atoms with E-state index >= 15 is 0 Å². The van der Waals surface area contributed by atoms with Gasteiger partial charge in [-0.25, -0.2) is 0 Å². The Hall–Kier alpha value is -0.910. The number of carbonyl (C=O) groups excluding carboxylic acids is 1. The SMILES string of the molecule is CSCC(C)N(C)CC(=O)Nc1ccc(N)cc1Cl. The first-order valence-corrected chi connectivity index (χ1v) is 7.75. The lowest BCUT2D eigenvalue weighted by molar-refractivity contribution is -0.117. The quantitative estimate of drug-likeness (QED) is 0.793. The maximum atomic E-state index is 11.9. The topological polar surface area (TPSA) is 58.4 Å². The normalized spacial score (nSPS) is 12.5. The molecule has 0 bridgehead atoms. The molecule has 0 heterocycles. The van der Waals surface area contributed by atoms with E-state index in [1.54, 1.807) is 30.0 Å². The van der Waals surface area contributed by atoms with Gasteiger partial charge >= 0.3 is 0 Å². The van der Waals surface area contributed by atoms with Crippen LogP contribution in [0.3, 0.4) is 0 Å². The average molecular weight is 302 g/mol. The van der Waals surface area contributed by atoms with Gasteiger partial charge in [0, 0.05) is 17.5 Å². The van der Waals surface area contributed by atoms with Crippen molar-refractivity contribution >= 4 is 40.6 Å². The van der Waals surface area contributed by atoms with Gasteiger partial charge in [0.1, 0.15) is 0 Å². The number of benzene rings is 1. The number of halogens is 1. The van der Waals surface area contributed by atoms with E-state index in [1.807, 2.05) is 11.9 Å². The summed E-state index contributed by atoms with van der Waals surface area (Å²) in [6, 6.07) is 5.39. The molecule has 0 aliphatic rings. The lowest BCUT2D eigenvalue weighted by atomic mass is 10.2. The molecule has 0 aliphatic carbocycles. The summed E-state index contributed by atoms with van der Waals surface area (Å²) in [5.41, 5.74) is 6.77. The van der Waals surface area contributed by atoms with Crippen molar-refractivity contribution in [2.24, 2.45) is 0 Å². The molecule has 4 nitrogen and oxygen atoms in total. The van der Waals surface area contributed by atoms with Crippen LogP contribution >= 0.6 is 23.4 Å². The van der Waals surface area contributed by atoms with Crippen LogP contribution < -0.4 is 11.1 Å². The highest BCUT2D eigenvalue weighted by atomic mass is 35.5. The Morgan fingerprint density at radius 1 is 1.58 bits per heavy atom. The highest BCUT2D eigenvalue weighted by Crippen LogP contribution is 2.23. The fourth-order valence-electron chi connectivity index (χ4n) is 1.57. The number of thioether (sulfide) groups is 1. The highest BCUT2D eigenvalue weighted by molar-refractivity contribution is 7.98. The molecule has 0 radical (unpaired) electrons. The predicted octanol–water partition coefficient (Wildman–Crippen LogP) is 2.54. The Morgan fingerprint density at radius 3 is 2.84 bits per heavy atom. The summed E-state index contributed by atoms with van der Waals surface area (Å²) in [6.45, 7) is 2.43. The summed E-state index contributed by atoms with van der Waals surface area (Å²) in [4.78, 5) is 13.9. The number of carbonyl (C=O) groups is 1. The molecule has 1 aromatic rings. The highest BCUT2D eigenvalue weighted by Gasteiger charge is 2.13. The molecule has 0 spiro atoms. The van der Waals surface area contributed by atoms with E-state index in [0.717, 1.165) is 5.75 Å². The first-order valence-electron chi connectivity index (χ1n) is 5.98. The molecule has 1 rings (SSSR count). The minimum Gasteiger partial charge on any atom is -0.399 e. The zero-order chi connectivity index (χ0) is 14.4. The Morgan fingerprint density at radius 2 is 2.26 bits per heavy atom. The summed E-state index contributed by atoms with van der Waals surface area (Å²) >= 11 is 7.78. The van der Waals surface area contributed by atoms with Gasteiger partial charge in [0.25, 0.3) is 0 Å². The molecule has 19 heavy (non-hydrogen) atoms. The summed E-state index contributed by atoms with van der Waals surface area (Å²) in [5.74, 6) is 0.911. The molecule has 1 unspecified atom stereocenters. The Labute approximate surface area is 123 Å². The van der Waals surface area contributed by atoms with Crippen molar-refractivity contribution in [2.75, 3.05) is 36.7 Å². The molecule has 3 N–H and O–H groups in total. The molecular formula is C13H20ClN3OS. The van der Waals surface area contributed by atoms with Crippen LogP contribution in [0.2, 0.25) is 5.02 Å². The van der Waals surface area contributed by atoms with Gasteiger partial charge in [0.05, 0.1) is 17.3 Å². The van der Waals surface area contributed by atoms with Crippen molar-refractivity contribution in [1.82, 2.24) is 4.90 Å². The summed E-state index contributed by atoms with van der Waals surface area (Å²) in [5, 5.41) is 3.24. The minimum atomic E-state index is -0.0814. The van der Waals surface area contributed by atoms with Gasteiger partial charge < -0.3 is 11.1 Å². The van der Waals surface area contributed by atoms with Gasteiger partial charge in [0.15, 0.2) is 0 Å². The number of nitrogens with two attached hydrogens (primary N) is 1. The van der Waals surface area contributed by atoms with Crippen LogP contribution in [0.15, 0.2) is 18.2 Å². The van der Waals surface area contributed by atoms with Crippen molar-refractivity contribution in [3.63, 3.8) is 0 Å². The average Bonchev–Trinajstić information content (AvgIpc) is 2.33. The van der Waals surface area contributed by atoms with Crippen LogP contribution in [0.4, 0.5) is 11.4 Å². The van der Waals surface area contributed by atoms with Crippen molar-refractivity contribution in [3.8, 4) is 0 Å².